The van der Waals surface area contributed by atoms with Crippen molar-refractivity contribution in [2.75, 3.05) is 22.0 Å². The van der Waals surface area contributed by atoms with Gasteiger partial charge in [0.25, 0.3) is 10.0 Å². The molecule has 0 bridgehead atoms. The summed E-state index contributed by atoms with van der Waals surface area (Å²) in [5.41, 5.74) is 2.12. The first-order valence-corrected chi connectivity index (χ1v) is 14.6. The molecular weight excluding hydrogens is 585 g/mol. The van der Waals surface area contributed by atoms with Crippen molar-refractivity contribution in [2.45, 2.75) is 11.8 Å². The number of rotatable bonds is 8. The van der Waals surface area contributed by atoms with Gasteiger partial charge >= 0.3 is 5.97 Å². The predicted octanol–water partition coefficient (Wildman–Crippen LogP) is 7.51. The number of carbonyl (C=O) groups is 1. The molecule has 3 N–H and O–H groups in total. The van der Waals surface area contributed by atoms with Crippen LogP contribution in [0.2, 0.25) is 10.0 Å². The Morgan fingerprint density at radius 1 is 0.921 bits per heavy atom. The molecule has 38 heavy (non-hydrogen) atoms. The van der Waals surface area contributed by atoms with E-state index in [9.17, 15) is 13.2 Å². The van der Waals surface area contributed by atoms with Gasteiger partial charge in [0, 0.05) is 20.6 Å². The Hall–Kier alpha value is -3.15. The van der Waals surface area contributed by atoms with Gasteiger partial charge in [-0.25, -0.2) is 13.2 Å². The molecule has 196 valence electrons. The van der Waals surface area contributed by atoms with Gasteiger partial charge in [0.2, 0.25) is 0 Å². The third-order valence-corrected chi connectivity index (χ3v) is 8.19. The fourth-order valence-corrected chi connectivity index (χ4v) is 6.31. The zero-order valence-electron chi connectivity index (χ0n) is 19.8. The fourth-order valence-electron chi connectivity index (χ4n) is 3.40. The van der Waals surface area contributed by atoms with Gasteiger partial charge in [0.1, 0.15) is 5.00 Å². The van der Waals surface area contributed by atoms with Crippen molar-refractivity contribution in [3.05, 3.63) is 94.5 Å². The largest absolute Gasteiger partial charge is 0.462 e. The maximum atomic E-state index is 12.8. The van der Waals surface area contributed by atoms with Gasteiger partial charge in [-0.05, 0) is 73.2 Å². The summed E-state index contributed by atoms with van der Waals surface area (Å²) >= 11 is 18.7. The van der Waals surface area contributed by atoms with Crippen molar-refractivity contribution in [3.8, 4) is 10.4 Å². The standard InChI is InChI=1S/C26H21Cl2N3O4S3/c1-2-35-25(32)22-15-23(16-6-4-3-5-7-16)37-24(22)30-26(36)29-19-8-10-21(11-9-19)38(33,34)31-20-13-17(27)12-18(28)14-20/h3-15,31H,2H2,1H3,(H2,29,30,36). The number of ether oxygens (including phenoxy) is 1. The highest BCUT2D eigenvalue weighted by atomic mass is 35.5. The lowest BCUT2D eigenvalue weighted by Gasteiger charge is -2.12. The highest BCUT2D eigenvalue weighted by molar-refractivity contribution is 7.92. The average molecular weight is 607 g/mol. The first kappa shape index (κ1) is 27.9. The summed E-state index contributed by atoms with van der Waals surface area (Å²) in [4.78, 5) is 13.5. The van der Waals surface area contributed by atoms with Gasteiger partial charge in [-0.1, -0.05) is 53.5 Å². The molecule has 7 nitrogen and oxygen atoms in total. The van der Waals surface area contributed by atoms with E-state index in [0.717, 1.165) is 10.4 Å². The van der Waals surface area contributed by atoms with Crippen LogP contribution in [0.15, 0.2) is 83.8 Å². The number of nitrogens with one attached hydrogen (secondary N) is 3. The quantitative estimate of drug-likeness (QED) is 0.141. The number of esters is 1. The minimum Gasteiger partial charge on any atom is -0.462 e. The van der Waals surface area contributed by atoms with Crippen LogP contribution in [0.3, 0.4) is 0 Å². The topological polar surface area (TPSA) is 96.5 Å². The molecule has 4 aromatic rings. The summed E-state index contributed by atoms with van der Waals surface area (Å²) in [6, 6.07) is 21.9. The van der Waals surface area contributed by atoms with E-state index in [0.29, 0.717) is 26.3 Å². The molecule has 1 heterocycles. The molecule has 12 heteroatoms. The molecular formula is C26H21Cl2N3O4S3. The maximum Gasteiger partial charge on any atom is 0.341 e. The van der Waals surface area contributed by atoms with Crippen molar-refractivity contribution in [1.82, 2.24) is 0 Å². The average Bonchev–Trinajstić information content (AvgIpc) is 3.28. The smallest absolute Gasteiger partial charge is 0.341 e. The van der Waals surface area contributed by atoms with E-state index >= 15 is 0 Å². The molecule has 0 fully saturated rings. The van der Waals surface area contributed by atoms with Crippen molar-refractivity contribution in [3.63, 3.8) is 0 Å². The number of thiophene rings is 1. The molecule has 4 rings (SSSR count). The molecule has 0 amide bonds. The van der Waals surface area contributed by atoms with Crippen LogP contribution >= 0.6 is 46.8 Å². The van der Waals surface area contributed by atoms with E-state index in [4.69, 9.17) is 40.2 Å². The Labute approximate surface area is 239 Å². The summed E-state index contributed by atoms with van der Waals surface area (Å²) in [6.45, 7) is 1.98. The van der Waals surface area contributed by atoms with Gasteiger partial charge in [-0.15, -0.1) is 11.3 Å². The minimum atomic E-state index is -3.88. The third kappa shape index (κ3) is 7.03. The number of thiocarbonyl (C=S) groups is 1. The molecule has 0 aliphatic rings. The van der Waals surface area contributed by atoms with E-state index in [1.54, 1.807) is 25.1 Å². The van der Waals surface area contributed by atoms with Crippen LogP contribution in [0.1, 0.15) is 17.3 Å². The van der Waals surface area contributed by atoms with E-state index in [-0.39, 0.29) is 22.3 Å². The predicted molar refractivity (Wildman–Crippen MR) is 159 cm³/mol. The molecule has 0 saturated carbocycles. The molecule has 0 unspecified atom stereocenters. The van der Waals surface area contributed by atoms with Crippen LogP contribution in [-0.2, 0) is 14.8 Å². The van der Waals surface area contributed by atoms with E-state index in [1.165, 1.54) is 41.7 Å². The lowest BCUT2D eigenvalue weighted by molar-refractivity contribution is 0.0528. The number of carbonyl (C=O) groups excluding carboxylic acids is 1. The van der Waals surface area contributed by atoms with E-state index < -0.39 is 16.0 Å². The van der Waals surface area contributed by atoms with Crippen LogP contribution < -0.4 is 15.4 Å². The summed E-state index contributed by atoms with van der Waals surface area (Å²) in [6.07, 6.45) is 0. The molecule has 0 spiro atoms. The zero-order chi connectivity index (χ0) is 27.3. The number of hydrogen-bond donors (Lipinski definition) is 3. The first-order valence-electron chi connectivity index (χ1n) is 11.2. The molecule has 3 aromatic carbocycles. The number of anilines is 3. The van der Waals surface area contributed by atoms with E-state index in [2.05, 4.69) is 15.4 Å². The zero-order valence-corrected chi connectivity index (χ0v) is 23.8. The molecule has 0 aliphatic carbocycles. The molecule has 0 radical (unpaired) electrons. The molecule has 0 saturated heterocycles. The lowest BCUT2D eigenvalue weighted by Crippen LogP contribution is -2.20. The van der Waals surface area contributed by atoms with Crippen molar-refractivity contribution in [2.24, 2.45) is 0 Å². The highest BCUT2D eigenvalue weighted by Crippen LogP contribution is 2.36. The van der Waals surface area contributed by atoms with Crippen LogP contribution in [0, 0.1) is 0 Å². The highest BCUT2D eigenvalue weighted by Gasteiger charge is 2.19. The fraction of sp³-hybridized carbons (Fsp3) is 0.0769. The second-order valence-corrected chi connectivity index (χ2v) is 11.8. The molecule has 1 aromatic heterocycles. The van der Waals surface area contributed by atoms with Crippen molar-refractivity contribution in [1.29, 1.82) is 0 Å². The third-order valence-electron chi connectivity index (χ3n) is 5.05. The summed E-state index contributed by atoms with van der Waals surface area (Å²) in [7, 11) is -3.88. The van der Waals surface area contributed by atoms with Gasteiger partial charge < -0.3 is 15.4 Å². The Balaban J connectivity index is 1.47. The Kier molecular flexibility index (Phi) is 8.91. The SMILES string of the molecule is CCOC(=O)c1cc(-c2ccccc2)sc1NC(=S)Nc1ccc(S(=O)(=O)Nc2cc(Cl)cc(Cl)c2)cc1. The first-order chi connectivity index (χ1) is 18.1. The lowest BCUT2D eigenvalue weighted by atomic mass is 10.1. The van der Waals surface area contributed by atoms with Gasteiger partial charge in [0.15, 0.2) is 5.11 Å². The second kappa shape index (κ2) is 12.1. The van der Waals surface area contributed by atoms with Gasteiger partial charge in [-0.3, -0.25) is 4.72 Å². The molecule has 0 aliphatic heterocycles. The Bertz CT molecular complexity index is 1560. The van der Waals surface area contributed by atoms with Crippen LogP contribution in [0.4, 0.5) is 16.4 Å². The van der Waals surface area contributed by atoms with Gasteiger partial charge in [0.05, 0.1) is 22.8 Å². The number of sulfonamides is 1. The van der Waals surface area contributed by atoms with Crippen molar-refractivity contribution >= 4 is 84.2 Å². The number of halogens is 2. The normalized spacial score (nSPS) is 11.0. The summed E-state index contributed by atoms with van der Waals surface area (Å²) < 4.78 is 33.2. The number of benzene rings is 3. The van der Waals surface area contributed by atoms with Gasteiger partial charge in [-0.2, -0.15) is 0 Å². The van der Waals surface area contributed by atoms with Crippen LogP contribution in [-0.4, -0.2) is 26.1 Å². The maximum absolute atomic E-state index is 12.8. The minimum absolute atomic E-state index is 0.0355. The Morgan fingerprint density at radius 3 is 2.21 bits per heavy atom. The second-order valence-electron chi connectivity index (χ2n) is 7.81. The number of hydrogen-bond acceptors (Lipinski definition) is 6. The summed E-state index contributed by atoms with van der Waals surface area (Å²) in [5.74, 6) is -0.459. The monoisotopic (exact) mass is 605 g/mol. The molecule has 0 atom stereocenters. The summed E-state index contributed by atoms with van der Waals surface area (Å²) in [5, 5.41) is 7.43. The van der Waals surface area contributed by atoms with Crippen LogP contribution in [0.25, 0.3) is 10.4 Å². The van der Waals surface area contributed by atoms with E-state index in [1.807, 2.05) is 30.3 Å². The Morgan fingerprint density at radius 2 is 1.58 bits per heavy atom. The van der Waals surface area contributed by atoms with Crippen LogP contribution in [0.5, 0.6) is 0 Å². The van der Waals surface area contributed by atoms with Crippen molar-refractivity contribution < 1.29 is 17.9 Å².